The molecule has 1 spiro atoms. The van der Waals surface area contributed by atoms with Crippen LogP contribution in [0, 0.1) is 17.3 Å². The lowest BCUT2D eigenvalue weighted by atomic mass is 9.69. The number of nitrogens with two attached hydrogens (primary N) is 2. The lowest BCUT2D eigenvalue weighted by Crippen LogP contribution is -2.67. The molecule has 4 heterocycles. The number of carbonyl (C=O) groups is 2. The van der Waals surface area contributed by atoms with Crippen molar-refractivity contribution in [1.29, 1.82) is 0 Å². The topological polar surface area (TPSA) is 132 Å². The van der Waals surface area contributed by atoms with Gasteiger partial charge in [0.05, 0.1) is 29.5 Å². The number of hydrogen-bond donors (Lipinski definition) is 4. The minimum atomic E-state index is -1.12. The van der Waals surface area contributed by atoms with E-state index >= 15 is 0 Å². The van der Waals surface area contributed by atoms with Gasteiger partial charge in [-0.1, -0.05) is 25.7 Å². The summed E-state index contributed by atoms with van der Waals surface area (Å²) in [5, 5.41) is 6.46. The molecule has 2 amide bonds. The number of piperidine rings is 2. The van der Waals surface area contributed by atoms with Gasteiger partial charge in [-0.05, 0) is 70.5 Å². The monoisotopic (exact) mass is 638 g/mol. The number of halogens is 2. The number of rotatable bonds is 6. The van der Waals surface area contributed by atoms with Crippen LogP contribution in [-0.2, 0) is 9.59 Å². The van der Waals surface area contributed by atoms with Crippen LogP contribution in [0.4, 0.5) is 4.39 Å². The summed E-state index contributed by atoms with van der Waals surface area (Å²) in [6.07, 6.45) is 9.64. The number of piperazine rings is 1. The van der Waals surface area contributed by atoms with E-state index in [1.165, 1.54) is 19.1 Å². The maximum Gasteiger partial charge on any atom is 0.228 e. The molecule has 6 atom stereocenters. The number of aliphatic imine (C=N–C) groups is 1. The molecule has 250 valence electrons. The first kappa shape index (κ1) is 34.0. The van der Waals surface area contributed by atoms with Gasteiger partial charge in [-0.25, -0.2) is 4.39 Å². The van der Waals surface area contributed by atoms with E-state index in [1.807, 2.05) is 4.90 Å². The first-order valence-corrected chi connectivity index (χ1v) is 17.6. The first-order chi connectivity index (χ1) is 21.2. The number of alkyl halides is 2. The second kappa shape index (κ2) is 15.5. The molecule has 1 saturated carbocycles. The van der Waals surface area contributed by atoms with Gasteiger partial charge in [0.2, 0.25) is 11.8 Å². The Bertz CT molecular complexity index is 979. The summed E-state index contributed by atoms with van der Waals surface area (Å²) in [5.74, 6) is -0.688. The Morgan fingerprint density at radius 3 is 2.34 bits per heavy atom. The molecular formula is C32H56ClFN8O2. The number of nitrogens with one attached hydrogen (secondary N) is 2. The van der Waals surface area contributed by atoms with Crippen LogP contribution in [0.1, 0.15) is 70.6 Å². The average Bonchev–Trinajstić information content (AvgIpc) is 3.24. The highest BCUT2D eigenvalue weighted by Gasteiger charge is 2.44. The molecule has 6 unspecified atom stereocenters. The molecule has 4 aliphatic heterocycles. The number of likely N-dealkylation sites (tertiary alicyclic amines) is 1. The number of hydrogen-bond acceptors (Lipinski definition) is 8. The summed E-state index contributed by atoms with van der Waals surface area (Å²) < 4.78 is 14.8. The fourth-order valence-electron chi connectivity index (χ4n) is 8.58. The standard InChI is InChI=1S/C32H56ClFN8O2/c1-40-14-16-42(17-15-40)31(44)22-7-12-41(13-8-22)28-24(33)20-37-21-26(28)39-30(43)27(29(35)36)25-18-32(9-4-2-3-5-10-32)11-6-23(34)19-38-25/h19,22-29,37H,2-18,20-21,35-36H2,1H3,(H,39,43). The molecule has 0 bridgehead atoms. The predicted octanol–water partition coefficient (Wildman–Crippen LogP) is 1.70. The fourth-order valence-corrected chi connectivity index (χ4v) is 9.02. The molecule has 12 heteroatoms. The van der Waals surface area contributed by atoms with Crippen molar-refractivity contribution in [2.75, 3.05) is 59.4 Å². The molecule has 1 aliphatic carbocycles. The molecule has 6 N–H and O–H groups in total. The molecule has 10 nitrogen and oxygen atoms in total. The third kappa shape index (κ3) is 8.31. The summed E-state index contributed by atoms with van der Waals surface area (Å²) in [7, 11) is 2.10. The zero-order chi connectivity index (χ0) is 31.3. The van der Waals surface area contributed by atoms with E-state index < -0.39 is 24.3 Å². The minimum absolute atomic E-state index is 0.0290. The Kier molecular flexibility index (Phi) is 12.0. The highest BCUT2D eigenvalue weighted by atomic mass is 35.5. The van der Waals surface area contributed by atoms with Gasteiger partial charge in [0.25, 0.3) is 0 Å². The van der Waals surface area contributed by atoms with Crippen molar-refractivity contribution in [3.63, 3.8) is 0 Å². The molecule has 0 aromatic carbocycles. The summed E-state index contributed by atoms with van der Waals surface area (Å²) in [6, 6.07) is -0.798. The van der Waals surface area contributed by atoms with E-state index in [9.17, 15) is 14.0 Å². The molecule has 5 aliphatic rings. The SMILES string of the molecule is CN1CCN(C(=O)C2CCN(C3C(Cl)CNCC3NC(=O)C(C(N)N)C3CC4(CCCCCC4)CCC(F)C=N3)CC2)CC1. The Morgan fingerprint density at radius 1 is 1.00 bits per heavy atom. The second-order valence-electron chi connectivity index (χ2n) is 14.4. The van der Waals surface area contributed by atoms with Gasteiger partial charge >= 0.3 is 0 Å². The van der Waals surface area contributed by atoms with Crippen LogP contribution in [0.3, 0.4) is 0 Å². The van der Waals surface area contributed by atoms with Gasteiger partial charge in [-0.2, -0.15) is 0 Å². The molecule has 0 aromatic heterocycles. The zero-order valence-corrected chi connectivity index (χ0v) is 27.4. The summed E-state index contributed by atoms with van der Waals surface area (Å²) in [6.45, 7) is 6.18. The highest BCUT2D eigenvalue weighted by molar-refractivity contribution is 6.21. The Hall–Kier alpha value is -1.37. The van der Waals surface area contributed by atoms with Crippen LogP contribution in [0.15, 0.2) is 4.99 Å². The van der Waals surface area contributed by atoms with E-state index in [2.05, 4.69) is 32.5 Å². The number of carbonyl (C=O) groups excluding carboxylic acids is 2. The van der Waals surface area contributed by atoms with Crippen LogP contribution in [-0.4, -0.2) is 128 Å². The largest absolute Gasteiger partial charge is 0.350 e. The van der Waals surface area contributed by atoms with E-state index in [0.29, 0.717) is 25.9 Å². The van der Waals surface area contributed by atoms with Gasteiger partial charge in [0, 0.05) is 57.4 Å². The molecule has 5 rings (SSSR count). The lowest BCUT2D eigenvalue weighted by molar-refractivity contribution is -0.139. The van der Waals surface area contributed by atoms with Crippen molar-refractivity contribution >= 4 is 29.6 Å². The maximum atomic E-state index is 14.8. The first-order valence-electron chi connectivity index (χ1n) is 17.2. The predicted molar refractivity (Wildman–Crippen MR) is 173 cm³/mol. The van der Waals surface area contributed by atoms with E-state index in [1.54, 1.807) is 0 Å². The van der Waals surface area contributed by atoms with Crippen LogP contribution in [0.2, 0.25) is 0 Å². The van der Waals surface area contributed by atoms with Crippen LogP contribution >= 0.6 is 11.6 Å². The van der Waals surface area contributed by atoms with Crippen LogP contribution in [0.5, 0.6) is 0 Å². The van der Waals surface area contributed by atoms with E-state index in [4.69, 9.17) is 23.1 Å². The number of nitrogens with zero attached hydrogens (tertiary/aromatic N) is 4. The molecule has 4 fully saturated rings. The van der Waals surface area contributed by atoms with Crippen molar-refractivity contribution in [2.45, 2.75) is 106 Å². The van der Waals surface area contributed by atoms with Crippen molar-refractivity contribution in [3.8, 4) is 0 Å². The van der Waals surface area contributed by atoms with Crippen molar-refractivity contribution < 1.29 is 14.0 Å². The third-order valence-electron chi connectivity index (χ3n) is 11.3. The average molecular weight is 639 g/mol. The van der Waals surface area contributed by atoms with Crippen molar-refractivity contribution in [3.05, 3.63) is 0 Å². The normalized spacial score (nSPS) is 33.9. The fraction of sp³-hybridized carbons (Fsp3) is 0.906. The summed E-state index contributed by atoms with van der Waals surface area (Å²) >= 11 is 6.94. The molecule has 3 saturated heterocycles. The van der Waals surface area contributed by atoms with Gasteiger partial charge in [0.15, 0.2) is 0 Å². The quantitative estimate of drug-likeness (QED) is 0.257. The van der Waals surface area contributed by atoms with Crippen molar-refractivity contribution in [2.24, 2.45) is 33.7 Å². The highest BCUT2D eigenvalue weighted by Crippen LogP contribution is 2.45. The third-order valence-corrected chi connectivity index (χ3v) is 11.7. The van der Waals surface area contributed by atoms with Crippen LogP contribution in [0.25, 0.3) is 0 Å². The smallest absolute Gasteiger partial charge is 0.228 e. The Labute approximate surface area is 268 Å². The molecule has 44 heavy (non-hydrogen) atoms. The van der Waals surface area contributed by atoms with Crippen LogP contribution < -0.4 is 22.1 Å². The van der Waals surface area contributed by atoms with Gasteiger partial charge < -0.3 is 31.9 Å². The van der Waals surface area contributed by atoms with Gasteiger partial charge in [0.1, 0.15) is 6.17 Å². The summed E-state index contributed by atoms with van der Waals surface area (Å²) in [5.41, 5.74) is 12.6. The second-order valence-corrected chi connectivity index (χ2v) is 14.9. The molecule has 0 aromatic rings. The minimum Gasteiger partial charge on any atom is -0.350 e. The zero-order valence-electron chi connectivity index (χ0n) is 26.6. The molecular weight excluding hydrogens is 583 g/mol. The van der Waals surface area contributed by atoms with E-state index in [-0.39, 0.29) is 40.6 Å². The summed E-state index contributed by atoms with van der Waals surface area (Å²) in [4.78, 5) is 38.6. The van der Waals surface area contributed by atoms with Gasteiger partial charge in [-0.15, -0.1) is 11.6 Å². The van der Waals surface area contributed by atoms with Gasteiger partial charge in [-0.3, -0.25) is 19.5 Å². The number of likely N-dealkylation sites (N-methyl/N-ethyl adjacent to an activating group) is 1. The Balaban J connectivity index is 1.25. The van der Waals surface area contributed by atoms with Crippen molar-refractivity contribution in [1.82, 2.24) is 25.3 Å². The lowest BCUT2D eigenvalue weighted by Gasteiger charge is -2.46. The number of amides is 2. The van der Waals surface area contributed by atoms with E-state index in [0.717, 1.165) is 84.2 Å². The maximum absolute atomic E-state index is 14.8. The Morgan fingerprint density at radius 2 is 1.68 bits per heavy atom. The molecule has 0 radical (unpaired) electrons.